The summed E-state index contributed by atoms with van der Waals surface area (Å²) in [7, 11) is 0. The van der Waals surface area contributed by atoms with Crippen molar-refractivity contribution in [3.8, 4) is 6.07 Å². The molecule has 2 saturated heterocycles. The van der Waals surface area contributed by atoms with Crippen molar-refractivity contribution in [2.75, 3.05) is 19.6 Å². The highest BCUT2D eigenvalue weighted by Gasteiger charge is 2.41. The number of fused-ring (bicyclic) bond motifs is 1. The van der Waals surface area contributed by atoms with Crippen LogP contribution < -0.4 is 5.32 Å². The average molecular weight is 251 g/mol. The number of nitrogens with zero attached hydrogens (tertiary/aromatic N) is 2. The zero-order valence-electron chi connectivity index (χ0n) is 11.3. The summed E-state index contributed by atoms with van der Waals surface area (Å²) in [6.45, 7) is 7.70. The topological polar surface area (TPSA) is 65.4 Å². The van der Waals surface area contributed by atoms with Crippen LogP contribution in [0.1, 0.15) is 27.2 Å². The van der Waals surface area contributed by atoms with Crippen LogP contribution in [0.4, 0.5) is 4.79 Å². The Kier molecular flexibility index (Phi) is 3.49. The zero-order chi connectivity index (χ0) is 13.3. The van der Waals surface area contributed by atoms with Crippen molar-refractivity contribution in [3.63, 3.8) is 0 Å². The molecule has 0 aromatic rings. The second-order valence-electron chi connectivity index (χ2n) is 6.13. The highest BCUT2D eigenvalue weighted by molar-refractivity contribution is 5.68. The standard InChI is InChI=1S/C13H21N3O2/c1-13(2,3)18-12(17)16-5-4-10-9(6-14)7-15-11(10)8-16/h9-11,15H,4-5,7-8H2,1-3H3. The van der Waals surface area contributed by atoms with Gasteiger partial charge in [0.2, 0.25) is 0 Å². The van der Waals surface area contributed by atoms with Crippen LogP contribution in [-0.2, 0) is 4.74 Å². The van der Waals surface area contributed by atoms with Gasteiger partial charge >= 0.3 is 6.09 Å². The Balaban J connectivity index is 1.93. The van der Waals surface area contributed by atoms with E-state index in [4.69, 9.17) is 10.00 Å². The number of piperidine rings is 1. The number of nitrogens with one attached hydrogen (secondary N) is 1. The summed E-state index contributed by atoms with van der Waals surface area (Å²) in [6, 6.07) is 2.59. The van der Waals surface area contributed by atoms with Crippen LogP contribution in [0.2, 0.25) is 0 Å². The molecule has 2 rings (SSSR count). The molecule has 2 fully saturated rings. The molecular formula is C13H21N3O2. The van der Waals surface area contributed by atoms with Gasteiger partial charge in [-0.15, -0.1) is 0 Å². The van der Waals surface area contributed by atoms with E-state index < -0.39 is 5.60 Å². The third-order valence-electron chi connectivity index (χ3n) is 3.60. The van der Waals surface area contributed by atoms with E-state index in [1.54, 1.807) is 4.90 Å². The second kappa shape index (κ2) is 4.77. The molecule has 0 aromatic carbocycles. The number of hydrogen-bond donors (Lipinski definition) is 1. The van der Waals surface area contributed by atoms with Crippen LogP contribution in [0.15, 0.2) is 0 Å². The number of hydrogen-bond acceptors (Lipinski definition) is 4. The van der Waals surface area contributed by atoms with E-state index in [9.17, 15) is 4.79 Å². The van der Waals surface area contributed by atoms with E-state index in [0.717, 1.165) is 13.0 Å². The third-order valence-corrected chi connectivity index (χ3v) is 3.60. The van der Waals surface area contributed by atoms with E-state index in [1.165, 1.54) is 0 Å². The van der Waals surface area contributed by atoms with E-state index in [0.29, 0.717) is 19.0 Å². The van der Waals surface area contributed by atoms with Gasteiger partial charge in [-0.3, -0.25) is 0 Å². The van der Waals surface area contributed by atoms with Crippen LogP contribution in [0, 0.1) is 23.2 Å². The van der Waals surface area contributed by atoms with Gasteiger partial charge < -0.3 is 15.0 Å². The highest BCUT2D eigenvalue weighted by atomic mass is 16.6. The molecule has 0 bridgehead atoms. The van der Waals surface area contributed by atoms with Gasteiger partial charge in [0.25, 0.3) is 0 Å². The molecule has 0 aromatic heterocycles. The van der Waals surface area contributed by atoms with Gasteiger partial charge in [-0.25, -0.2) is 4.79 Å². The maximum absolute atomic E-state index is 12.0. The summed E-state index contributed by atoms with van der Waals surface area (Å²) in [5.74, 6) is 0.476. The highest BCUT2D eigenvalue weighted by Crippen LogP contribution is 2.30. The fourth-order valence-corrected chi connectivity index (χ4v) is 2.73. The largest absolute Gasteiger partial charge is 0.444 e. The maximum Gasteiger partial charge on any atom is 0.410 e. The van der Waals surface area contributed by atoms with Crippen LogP contribution in [0.5, 0.6) is 0 Å². The van der Waals surface area contributed by atoms with Gasteiger partial charge in [0, 0.05) is 25.7 Å². The molecule has 100 valence electrons. The lowest BCUT2D eigenvalue weighted by Gasteiger charge is -2.36. The van der Waals surface area contributed by atoms with Crippen molar-refractivity contribution in [2.24, 2.45) is 11.8 Å². The molecule has 2 heterocycles. The first-order valence-corrected chi connectivity index (χ1v) is 6.51. The number of carbonyl (C=O) groups is 1. The first-order valence-electron chi connectivity index (χ1n) is 6.51. The molecule has 5 nitrogen and oxygen atoms in total. The number of nitriles is 1. The molecule has 1 N–H and O–H groups in total. The Hall–Kier alpha value is -1.28. The fourth-order valence-electron chi connectivity index (χ4n) is 2.73. The summed E-state index contributed by atoms with van der Waals surface area (Å²) in [4.78, 5) is 13.7. The Labute approximate surface area is 108 Å². The van der Waals surface area contributed by atoms with Crippen LogP contribution in [0.25, 0.3) is 0 Å². The summed E-state index contributed by atoms with van der Waals surface area (Å²) in [5.41, 5.74) is -0.452. The Bertz CT molecular complexity index is 369. The van der Waals surface area contributed by atoms with Crippen molar-refractivity contribution < 1.29 is 9.53 Å². The molecule has 18 heavy (non-hydrogen) atoms. The minimum Gasteiger partial charge on any atom is -0.444 e. The van der Waals surface area contributed by atoms with Crippen molar-refractivity contribution in [1.29, 1.82) is 5.26 Å². The molecule has 0 aliphatic carbocycles. The van der Waals surface area contributed by atoms with Gasteiger partial charge in [0.05, 0.1) is 12.0 Å². The first-order chi connectivity index (χ1) is 8.40. The number of carbonyl (C=O) groups excluding carboxylic acids is 1. The minimum absolute atomic E-state index is 0.0933. The average Bonchev–Trinajstić information content (AvgIpc) is 2.68. The molecule has 5 heteroatoms. The third kappa shape index (κ3) is 2.75. The summed E-state index contributed by atoms with van der Waals surface area (Å²) in [6.07, 6.45) is 0.637. The molecule has 0 radical (unpaired) electrons. The van der Waals surface area contributed by atoms with Crippen molar-refractivity contribution in [3.05, 3.63) is 0 Å². The van der Waals surface area contributed by atoms with E-state index >= 15 is 0 Å². The lowest BCUT2D eigenvalue weighted by Crippen LogP contribution is -2.50. The summed E-state index contributed by atoms with van der Waals surface area (Å²) in [5, 5.41) is 12.4. The lowest BCUT2D eigenvalue weighted by atomic mass is 9.86. The fraction of sp³-hybridized carbons (Fsp3) is 0.846. The summed E-state index contributed by atoms with van der Waals surface area (Å²) < 4.78 is 5.37. The number of likely N-dealkylation sites (tertiary alicyclic amines) is 1. The Morgan fingerprint density at radius 1 is 1.50 bits per heavy atom. The quantitative estimate of drug-likeness (QED) is 0.706. The second-order valence-corrected chi connectivity index (χ2v) is 6.13. The first kappa shape index (κ1) is 13.2. The zero-order valence-corrected chi connectivity index (χ0v) is 11.3. The minimum atomic E-state index is -0.452. The number of ether oxygens (including phenoxy) is 1. The lowest BCUT2D eigenvalue weighted by molar-refractivity contribution is 0.0157. The van der Waals surface area contributed by atoms with Crippen LogP contribution in [-0.4, -0.2) is 42.3 Å². The predicted octanol–water partition coefficient (Wildman–Crippen LogP) is 1.35. The number of amides is 1. The van der Waals surface area contributed by atoms with Gasteiger partial charge in [0.1, 0.15) is 5.60 Å². The summed E-state index contributed by atoms with van der Waals surface area (Å²) >= 11 is 0. The molecule has 1 amide bonds. The molecular weight excluding hydrogens is 230 g/mol. The van der Waals surface area contributed by atoms with E-state index in [1.807, 2.05) is 20.8 Å². The van der Waals surface area contributed by atoms with Crippen LogP contribution in [0.3, 0.4) is 0 Å². The van der Waals surface area contributed by atoms with Crippen LogP contribution >= 0.6 is 0 Å². The van der Waals surface area contributed by atoms with E-state index in [-0.39, 0.29) is 18.1 Å². The van der Waals surface area contributed by atoms with Crippen molar-refractivity contribution >= 4 is 6.09 Å². The van der Waals surface area contributed by atoms with Gasteiger partial charge in [-0.05, 0) is 33.1 Å². The molecule has 3 unspecified atom stereocenters. The number of rotatable bonds is 0. The Morgan fingerprint density at radius 2 is 2.22 bits per heavy atom. The normalized spacial score (nSPS) is 31.7. The molecule has 0 spiro atoms. The molecule has 0 saturated carbocycles. The van der Waals surface area contributed by atoms with E-state index in [2.05, 4.69) is 11.4 Å². The smallest absolute Gasteiger partial charge is 0.410 e. The molecule has 2 aliphatic rings. The van der Waals surface area contributed by atoms with Gasteiger partial charge in [0.15, 0.2) is 0 Å². The van der Waals surface area contributed by atoms with Crippen molar-refractivity contribution in [1.82, 2.24) is 10.2 Å². The van der Waals surface area contributed by atoms with Gasteiger partial charge in [-0.2, -0.15) is 5.26 Å². The van der Waals surface area contributed by atoms with Crippen molar-refractivity contribution in [2.45, 2.75) is 38.8 Å². The monoisotopic (exact) mass is 251 g/mol. The SMILES string of the molecule is CC(C)(C)OC(=O)N1CCC2C(C#N)CNC2C1. The predicted molar refractivity (Wildman–Crippen MR) is 66.8 cm³/mol. The maximum atomic E-state index is 12.0. The molecule has 3 atom stereocenters. The molecule has 2 aliphatic heterocycles. The van der Waals surface area contributed by atoms with Gasteiger partial charge in [-0.1, -0.05) is 0 Å². The Morgan fingerprint density at radius 3 is 2.83 bits per heavy atom.